The van der Waals surface area contributed by atoms with Gasteiger partial charge in [0.1, 0.15) is 6.61 Å². The van der Waals surface area contributed by atoms with Gasteiger partial charge in [0.25, 0.3) is 0 Å². The van der Waals surface area contributed by atoms with Gasteiger partial charge >= 0.3 is 0 Å². The van der Waals surface area contributed by atoms with Crippen molar-refractivity contribution in [2.24, 2.45) is 0 Å². The van der Waals surface area contributed by atoms with E-state index < -0.39 is 5.92 Å². The molecular formula is C30H31BrClNO5. The van der Waals surface area contributed by atoms with Crippen molar-refractivity contribution in [3.63, 3.8) is 0 Å². The lowest BCUT2D eigenvalue weighted by Gasteiger charge is -2.44. The van der Waals surface area contributed by atoms with Crippen LogP contribution in [0.4, 0.5) is 0 Å². The third kappa shape index (κ3) is 5.04. The van der Waals surface area contributed by atoms with E-state index in [1.165, 1.54) is 0 Å². The minimum Gasteiger partial charge on any atom is -0.493 e. The number of carbonyl (C=O) groups is 2. The van der Waals surface area contributed by atoms with Crippen molar-refractivity contribution in [2.45, 2.75) is 51.0 Å². The summed E-state index contributed by atoms with van der Waals surface area (Å²) in [5.74, 6) is 0.860. The van der Waals surface area contributed by atoms with Crippen LogP contribution >= 0.6 is 27.5 Å². The van der Waals surface area contributed by atoms with Gasteiger partial charge in [-0.3, -0.25) is 9.59 Å². The van der Waals surface area contributed by atoms with Crippen LogP contribution in [0.25, 0.3) is 0 Å². The zero-order valence-electron chi connectivity index (χ0n) is 21.6. The number of halogens is 2. The normalized spacial score (nSPS) is 18.1. The first-order chi connectivity index (χ1) is 18.4. The van der Waals surface area contributed by atoms with E-state index in [0.717, 1.165) is 59.4 Å². The van der Waals surface area contributed by atoms with Gasteiger partial charge in [0.05, 0.1) is 18.2 Å². The predicted octanol–water partition coefficient (Wildman–Crippen LogP) is 6.75. The average Bonchev–Trinajstić information content (AvgIpc) is 2.91. The summed E-state index contributed by atoms with van der Waals surface area (Å²) in [5.41, 5.74) is 5.24. The minimum absolute atomic E-state index is 0.109. The van der Waals surface area contributed by atoms with E-state index >= 15 is 0 Å². The summed E-state index contributed by atoms with van der Waals surface area (Å²) in [4.78, 5) is 29.2. The monoisotopic (exact) mass is 599 g/mol. The van der Waals surface area contributed by atoms with Crippen LogP contribution < -0.4 is 9.47 Å². The second-order valence-electron chi connectivity index (χ2n) is 9.77. The van der Waals surface area contributed by atoms with E-state index in [0.29, 0.717) is 47.0 Å². The molecular weight excluding hydrogens is 570 g/mol. The summed E-state index contributed by atoms with van der Waals surface area (Å²) in [5, 5.41) is 0.630. The van der Waals surface area contributed by atoms with Gasteiger partial charge < -0.3 is 19.1 Å². The van der Waals surface area contributed by atoms with Gasteiger partial charge in [0.15, 0.2) is 23.1 Å². The molecule has 0 aromatic heterocycles. The van der Waals surface area contributed by atoms with E-state index in [1.54, 1.807) is 14.2 Å². The van der Waals surface area contributed by atoms with Crippen LogP contribution in [0.3, 0.4) is 0 Å². The molecule has 0 atom stereocenters. The summed E-state index contributed by atoms with van der Waals surface area (Å²) in [6.07, 6.45) is 4.22. The molecule has 0 radical (unpaired) electrons. The molecule has 6 nitrogen and oxygen atoms in total. The summed E-state index contributed by atoms with van der Waals surface area (Å²) in [6.45, 7) is 1.42. The Morgan fingerprint density at radius 2 is 1.63 bits per heavy atom. The number of Topliss-reactive ketones (excluding diaryl/α,β-unsaturated/α-hetero) is 2. The number of nitrogens with zero attached hydrogens (tertiary/aromatic N) is 1. The molecule has 200 valence electrons. The molecule has 0 bridgehead atoms. The molecule has 0 unspecified atom stereocenters. The SMILES string of the molecule is COCCN1C2=C(C(=O)CCC2)C(c2cc(Br)c(OCc3ccccc3Cl)c(OC)c2)C2=C1CCCC2=O. The molecule has 0 saturated heterocycles. The zero-order chi connectivity index (χ0) is 26.8. The lowest BCUT2D eigenvalue weighted by Crippen LogP contribution is -2.40. The molecule has 1 heterocycles. The Labute approximate surface area is 236 Å². The van der Waals surface area contributed by atoms with Gasteiger partial charge in [-0.1, -0.05) is 29.8 Å². The Bertz CT molecular complexity index is 1290. The molecule has 3 aliphatic rings. The number of rotatable bonds is 8. The highest BCUT2D eigenvalue weighted by atomic mass is 79.9. The van der Waals surface area contributed by atoms with E-state index in [4.69, 9.17) is 25.8 Å². The second kappa shape index (κ2) is 11.6. The molecule has 8 heteroatoms. The molecule has 2 aliphatic carbocycles. The first-order valence-corrected chi connectivity index (χ1v) is 14.1. The Kier molecular flexibility index (Phi) is 8.26. The van der Waals surface area contributed by atoms with Crippen LogP contribution in [0.15, 0.2) is 63.4 Å². The van der Waals surface area contributed by atoms with Crippen LogP contribution in [0.2, 0.25) is 5.02 Å². The summed E-state index contributed by atoms with van der Waals surface area (Å²) in [6, 6.07) is 11.4. The molecule has 0 fully saturated rings. The third-order valence-electron chi connectivity index (χ3n) is 7.52. The van der Waals surface area contributed by atoms with E-state index in [1.807, 2.05) is 36.4 Å². The quantitative estimate of drug-likeness (QED) is 0.334. The first kappa shape index (κ1) is 27.0. The fourth-order valence-corrected chi connectivity index (χ4v) is 6.58. The summed E-state index contributed by atoms with van der Waals surface area (Å²) >= 11 is 10.0. The van der Waals surface area contributed by atoms with E-state index in [-0.39, 0.29) is 18.2 Å². The van der Waals surface area contributed by atoms with Crippen molar-refractivity contribution >= 4 is 39.1 Å². The number of ketones is 2. The highest BCUT2D eigenvalue weighted by Crippen LogP contribution is 2.51. The van der Waals surface area contributed by atoms with Crippen molar-refractivity contribution in [3.8, 4) is 11.5 Å². The predicted molar refractivity (Wildman–Crippen MR) is 150 cm³/mol. The van der Waals surface area contributed by atoms with Crippen molar-refractivity contribution < 1.29 is 23.8 Å². The van der Waals surface area contributed by atoms with Crippen LogP contribution in [0.5, 0.6) is 11.5 Å². The molecule has 0 saturated carbocycles. The van der Waals surface area contributed by atoms with Crippen molar-refractivity contribution in [1.29, 1.82) is 0 Å². The Hall–Kier alpha value is -2.61. The lowest BCUT2D eigenvalue weighted by molar-refractivity contribution is -0.117. The van der Waals surface area contributed by atoms with Gasteiger partial charge in [-0.25, -0.2) is 0 Å². The molecule has 0 amide bonds. The Morgan fingerprint density at radius 3 is 2.24 bits per heavy atom. The largest absolute Gasteiger partial charge is 0.493 e. The number of ether oxygens (including phenoxy) is 3. The van der Waals surface area contributed by atoms with Crippen molar-refractivity contribution in [3.05, 3.63) is 79.6 Å². The van der Waals surface area contributed by atoms with Crippen LogP contribution in [-0.2, 0) is 20.9 Å². The fourth-order valence-electron chi connectivity index (χ4n) is 5.81. The third-order valence-corrected chi connectivity index (χ3v) is 8.48. The minimum atomic E-state index is -0.429. The standard InChI is InChI=1S/C30H31BrClNO5/c1-36-14-13-33-22-9-5-11-24(34)28(22)27(29-23(33)10-6-12-25(29)35)19-15-20(31)30(26(16-19)37-2)38-17-18-7-3-4-8-21(18)32/h3-4,7-8,15-16,27H,5-6,9-14,17H2,1-2H3. The van der Waals surface area contributed by atoms with Gasteiger partial charge in [-0.15, -0.1) is 0 Å². The maximum absolute atomic E-state index is 13.5. The summed E-state index contributed by atoms with van der Waals surface area (Å²) < 4.78 is 18.0. The van der Waals surface area contributed by atoms with Crippen LogP contribution in [0, 0.1) is 0 Å². The lowest BCUT2D eigenvalue weighted by atomic mass is 9.71. The number of allylic oxidation sites excluding steroid dienone is 4. The summed E-state index contributed by atoms with van der Waals surface area (Å²) in [7, 11) is 3.27. The van der Waals surface area contributed by atoms with Gasteiger partial charge in [0, 0.05) is 65.5 Å². The molecule has 0 spiro atoms. The number of benzene rings is 2. The smallest absolute Gasteiger partial charge is 0.175 e. The molecule has 38 heavy (non-hydrogen) atoms. The average molecular weight is 601 g/mol. The molecule has 0 N–H and O–H groups in total. The van der Waals surface area contributed by atoms with E-state index in [9.17, 15) is 9.59 Å². The van der Waals surface area contributed by atoms with Crippen molar-refractivity contribution in [1.82, 2.24) is 4.90 Å². The highest BCUT2D eigenvalue weighted by molar-refractivity contribution is 9.10. The van der Waals surface area contributed by atoms with Crippen LogP contribution in [0.1, 0.15) is 55.6 Å². The maximum Gasteiger partial charge on any atom is 0.175 e. The number of methoxy groups -OCH3 is 2. The second-order valence-corrected chi connectivity index (χ2v) is 11.0. The fraction of sp³-hybridized carbons (Fsp3) is 0.400. The number of carbonyl (C=O) groups excluding carboxylic acids is 2. The highest BCUT2D eigenvalue weighted by Gasteiger charge is 2.43. The Morgan fingerprint density at radius 1 is 0.974 bits per heavy atom. The molecule has 2 aromatic rings. The Balaban J connectivity index is 1.60. The van der Waals surface area contributed by atoms with Gasteiger partial charge in [-0.2, -0.15) is 0 Å². The number of hydrogen-bond acceptors (Lipinski definition) is 6. The van der Waals surface area contributed by atoms with Crippen molar-refractivity contribution in [2.75, 3.05) is 27.4 Å². The first-order valence-electron chi connectivity index (χ1n) is 13.0. The molecule has 5 rings (SSSR count). The molecule has 2 aromatic carbocycles. The zero-order valence-corrected chi connectivity index (χ0v) is 24.0. The van der Waals surface area contributed by atoms with Crippen LogP contribution in [-0.4, -0.2) is 43.8 Å². The van der Waals surface area contributed by atoms with Gasteiger partial charge in [0.2, 0.25) is 0 Å². The topological polar surface area (TPSA) is 65.1 Å². The van der Waals surface area contributed by atoms with Gasteiger partial charge in [-0.05, 0) is 65.4 Å². The molecule has 1 aliphatic heterocycles. The van der Waals surface area contributed by atoms with E-state index in [2.05, 4.69) is 20.8 Å². The number of hydrogen-bond donors (Lipinski definition) is 0. The maximum atomic E-state index is 13.5.